The lowest BCUT2D eigenvalue weighted by Gasteiger charge is -2.60. The van der Waals surface area contributed by atoms with Gasteiger partial charge in [0, 0.05) is 18.9 Å². The fraction of sp³-hybridized carbons (Fsp3) is 0.821. The molecule has 1 saturated carbocycles. The highest BCUT2D eigenvalue weighted by atomic mass is 16.5. The number of carbonyl (C=O) groups excluding carboxylic acids is 1. The highest BCUT2D eigenvalue weighted by Crippen LogP contribution is 2.69. The van der Waals surface area contributed by atoms with Crippen LogP contribution in [0.1, 0.15) is 99.8 Å². The van der Waals surface area contributed by atoms with Gasteiger partial charge >= 0.3 is 5.97 Å². The Morgan fingerprint density at radius 3 is 2.52 bits per heavy atom. The van der Waals surface area contributed by atoms with Crippen LogP contribution in [0, 0.1) is 33.5 Å². The minimum Gasteiger partial charge on any atom is -0.462 e. The van der Waals surface area contributed by atoms with E-state index in [0.717, 1.165) is 32.1 Å². The van der Waals surface area contributed by atoms with Gasteiger partial charge in [-0.05, 0) is 90.6 Å². The summed E-state index contributed by atoms with van der Waals surface area (Å²) >= 11 is 0. The summed E-state index contributed by atoms with van der Waals surface area (Å²) < 4.78 is 5.81. The second-order valence-electron chi connectivity index (χ2n) is 12.4. The van der Waals surface area contributed by atoms with Crippen molar-refractivity contribution in [3.05, 3.63) is 22.8 Å². The average Bonchev–Trinajstić information content (AvgIpc) is 2.96. The maximum absolute atomic E-state index is 11.7. The number of rotatable bonds is 4. The van der Waals surface area contributed by atoms with Crippen molar-refractivity contribution in [1.29, 1.82) is 0 Å². The largest absolute Gasteiger partial charge is 0.462 e. The van der Waals surface area contributed by atoms with Crippen molar-refractivity contribution in [3.8, 4) is 0 Å². The molecule has 0 radical (unpaired) electrons. The molecule has 0 aromatic heterocycles. The molecule has 3 nitrogen and oxygen atoms in total. The average molecular weight is 429 g/mol. The number of aliphatic hydroxyl groups excluding tert-OH is 1. The molecule has 0 heterocycles. The Bertz CT molecular complexity index is 820. The van der Waals surface area contributed by atoms with Gasteiger partial charge in [-0.2, -0.15) is 0 Å². The molecule has 4 aliphatic carbocycles. The molecule has 31 heavy (non-hydrogen) atoms. The van der Waals surface area contributed by atoms with Crippen molar-refractivity contribution in [1.82, 2.24) is 0 Å². The first kappa shape index (κ1) is 23.1. The van der Waals surface area contributed by atoms with E-state index in [9.17, 15) is 9.90 Å². The number of fused-ring (bicyclic) bond motifs is 4. The molecule has 0 saturated heterocycles. The Kier molecular flexibility index (Phi) is 5.56. The van der Waals surface area contributed by atoms with Gasteiger partial charge in [-0.3, -0.25) is 4.79 Å². The molecule has 1 fully saturated rings. The number of carbonyl (C=O) groups is 1. The standard InChI is InChI=1S/C28H44O3/c1-18(13-17-29)27(6)15-11-22-20-8-9-23-25(3,4)24(31-19(2)30)12-14-26(23,5)21(20)10-16-28(22,27)7/h11,18,23-24,29H,8-10,12-17H2,1-7H3/t18-,23+,24+,26-,27+,28-/m1/s1. The highest BCUT2D eigenvalue weighted by Gasteiger charge is 2.60. The molecule has 174 valence electrons. The van der Waals surface area contributed by atoms with E-state index in [4.69, 9.17) is 4.74 Å². The lowest BCUT2D eigenvalue weighted by Crippen LogP contribution is -2.54. The van der Waals surface area contributed by atoms with Crippen LogP contribution in [0.4, 0.5) is 0 Å². The first-order chi connectivity index (χ1) is 14.4. The predicted octanol–water partition coefficient (Wildman–Crippen LogP) is 6.61. The third kappa shape index (κ3) is 3.12. The zero-order valence-corrected chi connectivity index (χ0v) is 20.9. The number of hydrogen-bond acceptors (Lipinski definition) is 3. The summed E-state index contributed by atoms with van der Waals surface area (Å²) in [4.78, 5) is 11.7. The summed E-state index contributed by atoms with van der Waals surface area (Å²) in [7, 11) is 0. The van der Waals surface area contributed by atoms with Gasteiger partial charge < -0.3 is 9.84 Å². The number of aliphatic hydroxyl groups is 1. The Morgan fingerprint density at radius 1 is 1.16 bits per heavy atom. The zero-order valence-electron chi connectivity index (χ0n) is 20.9. The molecular formula is C28H44O3. The second-order valence-corrected chi connectivity index (χ2v) is 12.4. The van der Waals surface area contributed by atoms with E-state index in [1.165, 1.54) is 19.3 Å². The van der Waals surface area contributed by atoms with E-state index in [1.807, 2.05) is 0 Å². The molecule has 0 amide bonds. The van der Waals surface area contributed by atoms with Gasteiger partial charge in [-0.15, -0.1) is 0 Å². The van der Waals surface area contributed by atoms with Gasteiger partial charge in [0.25, 0.3) is 0 Å². The second kappa shape index (κ2) is 7.47. The van der Waals surface area contributed by atoms with E-state index >= 15 is 0 Å². The SMILES string of the molecule is CC(=O)O[C@H]1CC[C@]2(C)C3=C(CC[C@H]2C1(C)C)C1=CC[C@@](C)([C@H](C)CCO)[C@]1(C)CC3. The van der Waals surface area contributed by atoms with Gasteiger partial charge in [0.1, 0.15) is 6.10 Å². The summed E-state index contributed by atoms with van der Waals surface area (Å²) in [5.41, 5.74) is 5.70. The molecule has 4 rings (SSSR count). The summed E-state index contributed by atoms with van der Waals surface area (Å²) in [5, 5.41) is 9.61. The van der Waals surface area contributed by atoms with E-state index in [2.05, 4.69) is 47.6 Å². The van der Waals surface area contributed by atoms with E-state index in [0.29, 0.717) is 11.8 Å². The van der Waals surface area contributed by atoms with Crippen molar-refractivity contribution in [2.45, 2.75) is 106 Å². The van der Waals surface area contributed by atoms with Crippen LogP contribution in [0.5, 0.6) is 0 Å². The topological polar surface area (TPSA) is 46.5 Å². The van der Waals surface area contributed by atoms with Crippen LogP contribution in [0.15, 0.2) is 22.8 Å². The molecular weight excluding hydrogens is 384 g/mol. The number of hydrogen-bond donors (Lipinski definition) is 1. The van der Waals surface area contributed by atoms with Gasteiger partial charge in [0.2, 0.25) is 0 Å². The van der Waals surface area contributed by atoms with Crippen LogP contribution in [0.3, 0.4) is 0 Å². The van der Waals surface area contributed by atoms with Crippen molar-refractivity contribution in [2.24, 2.45) is 33.5 Å². The minimum absolute atomic E-state index is 0.00611. The highest BCUT2D eigenvalue weighted by molar-refractivity contribution is 5.66. The Labute approximate surface area is 189 Å². The number of esters is 1. The minimum atomic E-state index is -0.141. The molecule has 0 aromatic carbocycles. The van der Waals surface area contributed by atoms with Gasteiger partial charge in [0.15, 0.2) is 0 Å². The predicted molar refractivity (Wildman–Crippen MR) is 125 cm³/mol. The summed E-state index contributed by atoms with van der Waals surface area (Å²) in [6, 6.07) is 0. The summed E-state index contributed by atoms with van der Waals surface area (Å²) in [5.74, 6) is 0.935. The third-order valence-corrected chi connectivity index (χ3v) is 10.9. The summed E-state index contributed by atoms with van der Waals surface area (Å²) in [6.07, 6.45) is 11.5. The molecule has 0 unspecified atom stereocenters. The molecule has 0 aromatic rings. The van der Waals surface area contributed by atoms with Crippen molar-refractivity contribution >= 4 is 5.97 Å². The molecule has 3 heteroatoms. The third-order valence-electron chi connectivity index (χ3n) is 10.9. The van der Waals surface area contributed by atoms with Gasteiger partial charge in [-0.25, -0.2) is 0 Å². The van der Waals surface area contributed by atoms with E-state index in [-0.39, 0.29) is 40.3 Å². The van der Waals surface area contributed by atoms with Crippen molar-refractivity contribution in [3.63, 3.8) is 0 Å². The Hall–Kier alpha value is -1.09. The smallest absolute Gasteiger partial charge is 0.302 e. The molecule has 1 N–H and O–H groups in total. The normalized spacial score (nSPS) is 42.3. The molecule has 4 aliphatic rings. The van der Waals surface area contributed by atoms with E-state index < -0.39 is 0 Å². The van der Waals surface area contributed by atoms with Crippen LogP contribution < -0.4 is 0 Å². The first-order valence-electron chi connectivity index (χ1n) is 12.6. The molecule has 0 aliphatic heterocycles. The lowest BCUT2D eigenvalue weighted by molar-refractivity contribution is -0.166. The molecule has 6 atom stereocenters. The lowest BCUT2D eigenvalue weighted by atomic mass is 9.45. The van der Waals surface area contributed by atoms with Crippen LogP contribution in [-0.4, -0.2) is 23.8 Å². The fourth-order valence-electron chi connectivity index (χ4n) is 8.58. The summed E-state index contributed by atoms with van der Waals surface area (Å²) in [6.45, 7) is 16.4. The van der Waals surface area contributed by atoms with Crippen LogP contribution >= 0.6 is 0 Å². The van der Waals surface area contributed by atoms with Crippen LogP contribution in [0.2, 0.25) is 0 Å². The maximum Gasteiger partial charge on any atom is 0.302 e. The molecule has 0 bridgehead atoms. The first-order valence-corrected chi connectivity index (χ1v) is 12.6. The van der Waals surface area contributed by atoms with Crippen LogP contribution in [-0.2, 0) is 9.53 Å². The fourth-order valence-corrected chi connectivity index (χ4v) is 8.58. The molecule has 0 spiro atoms. The van der Waals surface area contributed by atoms with Gasteiger partial charge in [0.05, 0.1) is 0 Å². The van der Waals surface area contributed by atoms with Gasteiger partial charge in [-0.1, -0.05) is 53.2 Å². The van der Waals surface area contributed by atoms with Crippen molar-refractivity contribution < 1.29 is 14.6 Å². The van der Waals surface area contributed by atoms with Crippen LogP contribution in [0.25, 0.3) is 0 Å². The quantitative estimate of drug-likeness (QED) is 0.513. The zero-order chi connectivity index (χ0) is 22.8. The van der Waals surface area contributed by atoms with E-state index in [1.54, 1.807) is 23.6 Å². The maximum atomic E-state index is 11.7. The number of ether oxygens (including phenoxy) is 1. The Balaban J connectivity index is 1.69. The monoisotopic (exact) mass is 428 g/mol. The number of allylic oxidation sites excluding steroid dienone is 4. The van der Waals surface area contributed by atoms with Crippen molar-refractivity contribution in [2.75, 3.05) is 6.61 Å². The Morgan fingerprint density at radius 2 is 1.87 bits per heavy atom.